The Balaban J connectivity index is 2.02. The number of fused-ring (bicyclic) bond motifs is 1. The summed E-state index contributed by atoms with van der Waals surface area (Å²) in [4.78, 5) is 26.9. The standard InChI is InChI=1S/C13H10FN5O3S/c14-8-3-1-7(2-4-8)9(10(15)20)16-11-12(19(21)22)18-5-6-23-13(18)17-11/h1-6,9,16H,(H2,15,20). The van der Waals surface area contributed by atoms with E-state index in [-0.39, 0.29) is 11.6 Å². The monoisotopic (exact) mass is 335 g/mol. The molecule has 10 heteroatoms. The van der Waals surface area contributed by atoms with Crippen molar-refractivity contribution in [2.24, 2.45) is 5.73 Å². The van der Waals surface area contributed by atoms with Crippen LogP contribution in [-0.2, 0) is 4.79 Å². The van der Waals surface area contributed by atoms with Crippen molar-refractivity contribution in [1.29, 1.82) is 0 Å². The average molecular weight is 335 g/mol. The van der Waals surface area contributed by atoms with E-state index >= 15 is 0 Å². The number of primary amides is 1. The van der Waals surface area contributed by atoms with E-state index in [4.69, 9.17) is 5.73 Å². The summed E-state index contributed by atoms with van der Waals surface area (Å²) in [5, 5.41) is 15.6. The highest BCUT2D eigenvalue weighted by Gasteiger charge is 2.28. The highest BCUT2D eigenvalue weighted by molar-refractivity contribution is 7.15. The highest BCUT2D eigenvalue weighted by Crippen LogP contribution is 2.30. The van der Waals surface area contributed by atoms with Crippen LogP contribution < -0.4 is 11.1 Å². The molecule has 0 spiro atoms. The first kappa shape index (κ1) is 14.9. The third-order valence-electron chi connectivity index (χ3n) is 3.18. The van der Waals surface area contributed by atoms with Crippen molar-refractivity contribution in [3.05, 3.63) is 57.3 Å². The minimum atomic E-state index is -1.07. The molecule has 3 rings (SSSR count). The molecular formula is C13H10FN5O3S. The van der Waals surface area contributed by atoms with Crippen LogP contribution >= 0.6 is 11.3 Å². The van der Waals surface area contributed by atoms with Gasteiger partial charge >= 0.3 is 5.82 Å². The zero-order valence-corrected chi connectivity index (χ0v) is 12.3. The van der Waals surface area contributed by atoms with Crippen LogP contribution in [0, 0.1) is 15.9 Å². The number of hydrogen-bond acceptors (Lipinski definition) is 6. The number of imidazole rings is 1. The molecule has 8 nitrogen and oxygen atoms in total. The van der Waals surface area contributed by atoms with Crippen molar-refractivity contribution in [2.75, 3.05) is 5.32 Å². The lowest BCUT2D eigenvalue weighted by atomic mass is 10.1. The van der Waals surface area contributed by atoms with Crippen LogP contribution in [0.1, 0.15) is 11.6 Å². The summed E-state index contributed by atoms with van der Waals surface area (Å²) < 4.78 is 14.3. The summed E-state index contributed by atoms with van der Waals surface area (Å²) in [6.45, 7) is 0. The maximum absolute atomic E-state index is 13.0. The molecule has 0 radical (unpaired) electrons. The molecule has 0 bridgehead atoms. The number of carbonyl (C=O) groups is 1. The van der Waals surface area contributed by atoms with Crippen molar-refractivity contribution >= 4 is 33.8 Å². The highest BCUT2D eigenvalue weighted by atomic mass is 32.1. The molecule has 23 heavy (non-hydrogen) atoms. The summed E-state index contributed by atoms with van der Waals surface area (Å²) in [5.74, 6) is -1.60. The fourth-order valence-electron chi connectivity index (χ4n) is 2.16. The number of aromatic nitrogens is 2. The Bertz CT molecular complexity index is 889. The van der Waals surface area contributed by atoms with Gasteiger partial charge < -0.3 is 21.2 Å². The van der Waals surface area contributed by atoms with Gasteiger partial charge in [-0.25, -0.2) is 4.39 Å². The molecule has 2 aromatic heterocycles. The molecule has 2 heterocycles. The number of thiazole rings is 1. The lowest BCUT2D eigenvalue weighted by Crippen LogP contribution is -2.28. The van der Waals surface area contributed by atoms with E-state index in [1.54, 1.807) is 5.38 Å². The lowest BCUT2D eigenvalue weighted by molar-refractivity contribution is -0.389. The van der Waals surface area contributed by atoms with Gasteiger partial charge in [0.25, 0.3) is 4.96 Å². The number of benzene rings is 1. The number of hydrogen-bond donors (Lipinski definition) is 2. The van der Waals surface area contributed by atoms with Gasteiger partial charge in [0.2, 0.25) is 11.7 Å². The molecule has 1 aromatic carbocycles. The third kappa shape index (κ3) is 2.71. The molecule has 1 atom stereocenters. The molecule has 3 aromatic rings. The summed E-state index contributed by atoms with van der Waals surface area (Å²) >= 11 is 1.21. The van der Waals surface area contributed by atoms with Crippen LogP contribution in [0.3, 0.4) is 0 Å². The van der Waals surface area contributed by atoms with Gasteiger partial charge in [-0.2, -0.15) is 9.38 Å². The molecule has 0 fully saturated rings. The minimum absolute atomic E-state index is 0.0741. The second-order valence-corrected chi connectivity index (χ2v) is 5.50. The average Bonchev–Trinajstić information content (AvgIpc) is 3.05. The van der Waals surface area contributed by atoms with Crippen LogP contribution in [0.2, 0.25) is 0 Å². The molecule has 3 N–H and O–H groups in total. The molecular weight excluding hydrogens is 325 g/mol. The van der Waals surface area contributed by atoms with Crippen LogP contribution in [-0.4, -0.2) is 20.2 Å². The summed E-state index contributed by atoms with van der Waals surface area (Å²) in [7, 11) is 0. The number of rotatable bonds is 5. The Kier molecular flexibility index (Phi) is 3.66. The van der Waals surface area contributed by atoms with E-state index in [2.05, 4.69) is 10.3 Å². The van der Waals surface area contributed by atoms with E-state index in [0.717, 1.165) is 0 Å². The molecule has 0 saturated heterocycles. The second kappa shape index (κ2) is 5.65. The van der Waals surface area contributed by atoms with E-state index in [9.17, 15) is 19.3 Å². The smallest absolute Gasteiger partial charge is 0.368 e. The number of nitrogens with zero attached hydrogens (tertiary/aromatic N) is 3. The Hall–Kier alpha value is -3.01. The maximum atomic E-state index is 13.0. The predicted octanol–water partition coefficient (Wildman–Crippen LogP) is 2.08. The van der Waals surface area contributed by atoms with Gasteiger partial charge in [0, 0.05) is 5.38 Å². The first-order valence-corrected chi connectivity index (χ1v) is 7.26. The first-order chi connectivity index (χ1) is 11.0. The van der Waals surface area contributed by atoms with Crippen LogP contribution in [0.4, 0.5) is 16.0 Å². The Morgan fingerprint density at radius 3 is 2.74 bits per heavy atom. The fraction of sp³-hybridized carbons (Fsp3) is 0.0769. The molecule has 0 saturated carbocycles. The van der Waals surface area contributed by atoms with Crippen molar-refractivity contribution < 1.29 is 14.1 Å². The fourth-order valence-corrected chi connectivity index (χ4v) is 2.86. The first-order valence-electron chi connectivity index (χ1n) is 6.38. The van der Waals surface area contributed by atoms with Crippen molar-refractivity contribution in [3.8, 4) is 0 Å². The van der Waals surface area contributed by atoms with Crippen LogP contribution in [0.5, 0.6) is 0 Å². The number of carbonyl (C=O) groups excluding carboxylic acids is 1. The molecule has 0 aliphatic heterocycles. The maximum Gasteiger partial charge on any atom is 0.372 e. The zero-order chi connectivity index (χ0) is 16.6. The van der Waals surface area contributed by atoms with Gasteiger partial charge in [0.15, 0.2) is 0 Å². The number of nitro groups is 1. The predicted molar refractivity (Wildman–Crippen MR) is 81.7 cm³/mol. The molecule has 1 unspecified atom stereocenters. The summed E-state index contributed by atoms with van der Waals surface area (Å²) in [6.07, 6.45) is 1.51. The number of nitrogens with one attached hydrogen (secondary N) is 1. The molecule has 1 amide bonds. The van der Waals surface area contributed by atoms with E-state index in [1.165, 1.54) is 46.2 Å². The number of halogens is 1. The van der Waals surface area contributed by atoms with Crippen molar-refractivity contribution in [1.82, 2.24) is 9.38 Å². The molecule has 0 aliphatic rings. The van der Waals surface area contributed by atoms with Gasteiger partial charge in [0.1, 0.15) is 18.1 Å². The van der Waals surface area contributed by atoms with E-state index < -0.39 is 22.7 Å². The number of amides is 1. The lowest BCUT2D eigenvalue weighted by Gasteiger charge is -2.15. The minimum Gasteiger partial charge on any atom is -0.368 e. The molecule has 0 aliphatic carbocycles. The largest absolute Gasteiger partial charge is 0.372 e. The van der Waals surface area contributed by atoms with Crippen LogP contribution in [0.15, 0.2) is 35.8 Å². The Labute approximate surface area is 132 Å². The van der Waals surface area contributed by atoms with E-state index in [0.29, 0.717) is 10.5 Å². The van der Waals surface area contributed by atoms with Crippen LogP contribution in [0.25, 0.3) is 4.96 Å². The van der Waals surface area contributed by atoms with Gasteiger partial charge in [-0.05, 0) is 22.6 Å². The SMILES string of the molecule is NC(=O)C(Nc1nc2sccn2c1[N+](=O)[O-])c1ccc(F)cc1. The normalized spacial score (nSPS) is 12.2. The second-order valence-electron chi connectivity index (χ2n) is 4.63. The van der Waals surface area contributed by atoms with Gasteiger partial charge in [-0.1, -0.05) is 23.5 Å². The van der Waals surface area contributed by atoms with Gasteiger partial charge in [-0.15, -0.1) is 0 Å². The summed E-state index contributed by atoms with van der Waals surface area (Å²) in [6, 6.07) is 4.03. The Morgan fingerprint density at radius 2 is 2.13 bits per heavy atom. The topological polar surface area (TPSA) is 116 Å². The van der Waals surface area contributed by atoms with Gasteiger partial charge in [-0.3, -0.25) is 4.79 Å². The number of nitrogens with two attached hydrogens (primary N) is 1. The third-order valence-corrected chi connectivity index (χ3v) is 3.94. The van der Waals surface area contributed by atoms with Gasteiger partial charge in [0.05, 0.1) is 0 Å². The zero-order valence-electron chi connectivity index (χ0n) is 11.5. The van der Waals surface area contributed by atoms with E-state index in [1.807, 2.05) is 0 Å². The van der Waals surface area contributed by atoms with Crippen molar-refractivity contribution in [3.63, 3.8) is 0 Å². The number of anilines is 1. The quantitative estimate of drug-likeness (QED) is 0.547. The molecule has 118 valence electrons. The summed E-state index contributed by atoms with van der Waals surface area (Å²) in [5.41, 5.74) is 5.73. The Morgan fingerprint density at radius 1 is 1.43 bits per heavy atom. The van der Waals surface area contributed by atoms with Crippen molar-refractivity contribution in [2.45, 2.75) is 6.04 Å².